The quantitative estimate of drug-likeness (QED) is 0.791. The number of primary amides is 1. The molecule has 0 aromatic heterocycles. The van der Waals surface area contributed by atoms with E-state index in [-0.39, 0.29) is 23.4 Å². The minimum Gasteiger partial charge on any atom is -0.460 e. The second-order valence-electron chi connectivity index (χ2n) is 6.96. The molecule has 0 spiro atoms. The molecule has 118 valence electrons. The maximum absolute atomic E-state index is 10.9. The van der Waals surface area contributed by atoms with Crippen LogP contribution in [-0.2, 0) is 14.3 Å². The third kappa shape index (κ3) is 8.94. The monoisotopic (exact) mass is 285 g/mol. The molecule has 0 radical (unpaired) electrons. The van der Waals surface area contributed by atoms with Gasteiger partial charge in [-0.2, -0.15) is 0 Å². The lowest BCUT2D eigenvalue weighted by Gasteiger charge is -2.29. The van der Waals surface area contributed by atoms with Crippen LogP contribution in [0.2, 0.25) is 0 Å². The Balaban J connectivity index is 0.000000396. The zero-order valence-electron chi connectivity index (χ0n) is 13.9. The Morgan fingerprint density at radius 1 is 1.10 bits per heavy atom. The molecule has 2 N–H and O–H groups in total. The number of carbonyl (C=O) groups is 2. The van der Waals surface area contributed by atoms with Gasteiger partial charge in [0.25, 0.3) is 0 Å². The molecule has 0 aromatic rings. The molecule has 0 atom stereocenters. The summed E-state index contributed by atoms with van der Waals surface area (Å²) in [4.78, 5) is 21.1. The Bertz CT molecular complexity index is 310. The van der Waals surface area contributed by atoms with E-state index in [0.29, 0.717) is 0 Å². The normalized spacial score (nSPS) is 22.8. The Kier molecular flexibility index (Phi) is 7.84. The number of nitrogens with two attached hydrogens (primary N) is 1. The van der Waals surface area contributed by atoms with Crippen LogP contribution < -0.4 is 5.73 Å². The fourth-order valence-corrected chi connectivity index (χ4v) is 2.50. The molecular formula is C16H31NO3. The van der Waals surface area contributed by atoms with Gasteiger partial charge in [-0.25, -0.2) is 0 Å². The number of hydrogen-bond donors (Lipinski definition) is 1. The standard InChI is InChI=1S/C10H19NO.C6H12O2/c1-7(2)8-3-5-9(6-4-8)10(11)12;1-5(7)8-6(2,3)4/h7-9H,3-6H2,1-2H3,(H2,11,12);1-4H3. The minimum absolute atomic E-state index is 0.0998. The highest BCUT2D eigenvalue weighted by Gasteiger charge is 2.25. The van der Waals surface area contributed by atoms with E-state index >= 15 is 0 Å². The van der Waals surface area contributed by atoms with Crippen LogP contribution in [0, 0.1) is 17.8 Å². The maximum atomic E-state index is 10.9. The van der Waals surface area contributed by atoms with Crippen LogP contribution in [0.1, 0.15) is 67.2 Å². The van der Waals surface area contributed by atoms with Crippen LogP contribution in [0.3, 0.4) is 0 Å². The number of esters is 1. The van der Waals surface area contributed by atoms with Gasteiger partial charge >= 0.3 is 5.97 Å². The summed E-state index contributed by atoms with van der Waals surface area (Å²) >= 11 is 0. The van der Waals surface area contributed by atoms with Gasteiger partial charge in [0.1, 0.15) is 5.60 Å². The van der Waals surface area contributed by atoms with Crippen molar-refractivity contribution in [1.29, 1.82) is 0 Å². The lowest BCUT2D eigenvalue weighted by molar-refractivity contribution is -0.151. The Morgan fingerprint density at radius 3 is 1.75 bits per heavy atom. The second-order valence-corrected chi connectivity index (χ2v) is 6.96. The summed E-state index contributed by atoms with van der Waals surface area (Å²) in [5.74, 6) is 1.43. The van der Waals surface area contributed by atoms with Crippen molar-refractivity contribution in [3.8, 4) is 0 Å². The first-order valence-corrected chi connectivity index (χ1v) is 7.51. The van der Waals surface area contributed by atoms with Gasteiger partial charge in [-0.15, -0.1) is 0 Å². The summed E-state index contributed by atoms with van der Waals surface area (Å²) in [6, 6.07) is 0. The van der Waals surface area contributed by atoms with Gasteiger partial charge in [-0.3, -0.25) is 9.59 Å². The summed E-state index contributed by atoms with van der Waals surface area (Å²) in [5.41, 5.74) is 4.92. The van der Waals surface area contributed by atoms with E-state index in [4.69, 9.17) is 10.5 Å². The van der Waals surface area contributed by atoms with Crippen molar-refractivity contribution in [1.82, 2.24) is 0 Å². The van der Waals surface area contributed by atoms with E-state index in [0.717, 1.165) is 24.7 Å². The van der Waals surface area contributed by atoms with Crippen LogP contribution >= 0.6 is 0 Å². The SMILES string of the molecule is CC(=O)OC(C)(C)C.CC(C)C1CCC(C(N)=O)CC1. The lowest BCUT2D eigenvalue weighted by Crippen LogP contribution is -2.28. The van der Waals surface area contributed by atoms with Crippen molar-refractivity contribution in [2.45, 2.75) is 72.8 Å². The zero-order valence-corrected chi connectivity index (χ0v) is 13.9. The number of amides is 1. The third-order valence-corrected chi connectivity index (χ3v) is 3.57. The van der Waals surface area contributed by atoms with Crippen LogP contribution in [0.25, 0.3) is 0 Å². The van der Waals surface area contributed by atoms with E-state index in [9.17, 15) is 9.59 Å². The van der Waals surface area contributed by atoms with Gasteiger partial charge in [0.15, 0.2) is 0 Å². The van der Waals surface area contributed by atoms with E-state index < -0.39 is 0 Å². The molecule has 20 heavy (non-hydrogen) atoms. The molecule has 1 amide bonds. The summed E-state index contributed by atoms with van der Waals surface area (Å²) in [6.07, 6.45) is 4.40. The minimum atomic E-state index is -0.328. The summed E-state index contributed by atoms with van der Waals surface area (Å²) in [5, 5.41) is 0. The number of carbonyl (C=O) groups excluding carboxylic acids is 2. The van der Waals surface area contributed by atoms with Crippen molar-refractivity contribution in [2.75, 3.05) is 0 Å². The van der Waals surface area contributed by atoms with Crippen LogP contribution in [0.15, 0.2) is 0 Å². The highest BCUT2D eigenvalue weighted by atomic mass is 16.6. The fourth-order valence-electron chi connectivity index (χ4n) is 2.50. The van der Waals surface area contributed by atoms with Gasteiger partial charge in [0.2, 0.25) is 5.91 Å². The summed E-state index contributed by atoms with van der Waals surface area (Å²) in [6.45, 7) is 11.5. The molecule has 1 fully saturated rings. The molecule has 1 rings (SSSR count). The van der Waals surface area contributed by atoms with E-state index in [1.165, 1.54) is 19.8 Å². The predicted molar refractivity (Wildman–Crippen MR) is 81.0 cm³/mol. The van der Waals surface area contributed by atoms with Crippen LogP contribution in [0.5, 0.6) is 0 Å². The van der Waals surface area contributed by atoms with Crippen molar-refractivity contribution < 1.29 is 14.3 Å². The second kappa shape index (κ2) is 8.28. The number of hydrogen-bond acceptors (Lipinski definition) is 3. The number of rotatable bonds is 2. The van der Waals surface area contributed by atoms with E-state index in [1.54, 1.807) is 0 Å². The van der Waals surface area contributed by atoms with Gasteiger partial charge in [0.05, 0.1) is 0 Å². The largest absolute Gasteiger partial charge is 0.460 e. The van der Waals surface area contributed by atoms with Crippen molar-refractivity contribution in [2.24, 2.45) is 23.5 Å². The highest BCUT2D eigenvalue weighted by molar-refractivity contribution is 5.76. The van der Waals surface area contributed by atoms with Crippen molar-refractivity contribution in [3.63, 3.8) is 0 Å². The molecule has 4 heteroatoms. The Labute approximate surface area is 123 Å². The Morgan fingerprint density at radius 2 is 1.55 bits per heavy atom. The Hall–Kier alpha value is -1.06. The maximum Gasteiger partial charge on any atom is 0.303 e. The topological polar surface area (TPSA) is 69.4 Å². The molecule has 1 aliphatic carbocycles. The van der Waals surface area contributed by atoms with Gasteiger partial charge in [-0.1, -0.05) is 13.8 Å². The first kappa shape index (κ1) is 18.9. The molecule has 1 aliphatic rings. The van der Waals surface area contributed by atoms with Crippen LogP contribution in [0.4, 0.5) is 0 Å². The molecule has 0 aromatic carbocycles. The molecule has 4 nitrogen and oxygen atoms in total. The molecule has 0 unspecified atom stereocenters. The third-order valence-electron chi connectivity index (χ3n) is 3.57. The van der Waals surface area contributed by atoms with Gasteiger partial charge in [-0.05, 0) is 58.3 Å². The average molecular weight is 285 g/mol. The summed E-state index contributed by atoms with van der Waals surface area (Å²) in [7, 11) is 0. The zero-order chi connectivity index (χ0) is 15.9. The van der Waals surface area contributed by atoms with Gasteiger partial charge < -0.3 is 10.5 Å². The van der Waals surface area contributed by atoms with Crippen molar-refractivity contribution >= 4 is 11.9 Å². The number of ether oxygens (including phenoxy) is 1. The fraction of sp³-hybridized carbons (Fsp3) is 0.875. The molecular weight excluding hydrogens is 254 g/mol. The molecule has 0 saturated heterocycles. The van der Waals surface area contributed by atoms with E-state index in [2.05, 4.69) is 13.8 Å². The highest BCUT2D eigenvalue weighted by Crippen LogP contribution is 2.32. The first-order chi connectivity index (χ1) is 9.03. The van der Waals surface area contributed by atoms with Crippen LogP contribution in [-0.4, -0.2) is 17.5 Å². The van der Waals surface area contributed by atoms with E-state index in [1.807, 2.05) is 20.8 Å². The lowest BCUT2D eigenvalue weighted by atomic mass is 9.77. The molecule has 0 aliphatic heterocycles. The average Bonchev–Trinajstić information content (AvgIpc) is 2.26. The van der Waals surface area contributed by atoms with Crippen molar-refractivity contribution in [3.05, 3.63) is 0 Å². The van der Waals surface area contributed by atoms with Gasteiger partial charge in [0, 0.05) is 12.8 Å². The first-order valence-electron chi connectivity index (χ1n) is 7.51. The molecule has 1 saturated carbocycles. The molecule has 0 heterocycles. The predicted octanol–water partition coefficient (Wildman–Crippen LogP) is 3.28. The smallest absolute Gasteiger partial charge is 0.303 e. The summed E-state index contributed by atoms with van der Waals surface area (Å²) < 4.78 is 4.80. The molecule has 0 bridgehead atoms.